The van der Waals surface area contributed by atoms with Gasteiger partial charge >= 0.3 is 11.9 Å². The van der Waals surface area contributed by atoms with Crippen LogP contribution >= 0.6 is 0 Å². The molecule has 0 heterocycles. The second kappa shape index (κ2) is 52.4. The summed E-state index contributed by atoms with van der Waals surface area (Å²) in [6.07, 6.45) is 73.0. The lowest BCUT2D eigenvalue weighted by molar-refractivity contribution is -0.160. The van der Waals surface area contributed by atoms with E-state index in [1.54, 1.807) is 6.08 Å². The predicted octanol–water partition coefficient (Wildman–Crippen LogP) is 17.4. The molecule has 0 bridgehead atoms. The molecule has 0 saturated heterocycles. The van der Waals surface area contributed by atoms with Crippen LogP contribution in [0, 0.1) is 0 Å². The van der Waals surface area contributed by atoms with Crippen LogP contribution in [0.4, 0.5) is 0 Å². The molecule has 0 saturated carbocycles. The SMILES string of the molecule is CC/C=C\C/C=C\C/C=C\C/C=C\C/C=C\CC(=O)OC(CO)COC(=O)CCCCCCCCCCCCCCCCCCCCCCC/C=C\C/C=C\CCCCCCC. The Morgan fingerprint density at radius 3 is 1.13 bits per heavy atom. The Morgan fingerprint density at radius 1 is 0.403 bits per heavy atom. The number of unbranched alkanes of at least 4 members (excludes halogenated alkanes) is 26. The van der Waals surface area contributed by atoms with Gasteiger partial charge in [0.2, 0.25) is 0 Å². The van der Waals surface area contributed by atoms with Gasteiger partial charge < -0.3 is 14.6 Å². The number of rotatable bonds is 47. The van der Waals surface area contributed by atoms with Crippen LogP contribution in [0.3, 0.4) is 0 Å². The average molecular weight is 863 g/mol. The number of aliphatic hydroxyl groups excluding tert-OH is 1. The molecule has 5 heteroatoms. The molecule has 0 radical (unpaired) electrons. The number of hydrogen-bond donors (Lipinski definition) is 1. The normalized spacial score (nSPS) is 12.9. The van der Waals surface area contributed by atoms with Crippen molar-refractivity contribution in [1.29, 1.82) is 0 Å². The van der Waals surface area contributed by atoms with Crippen molar-refractivity contribution >= 4 is 11.9 Å². The van der Waals surface area contributed by atoms with Crippen molar-refractivity contribution in [2.75, 3.05) is 13.2 Å². The maximum atomic E-state index is 12.2. The minimum Gasteiger partial charge on any atom is -0.462 e. The van der Waals surface area contributed by atoms with E-state index in [0.29, 0.717) is 6.42 Å². The minimum absolute atomic E-state index is 0.107. The fraction of sp³-hybridized carbons (Fsp3) is 0.719. The summed E-state index contributed by atoms with van der Waals surface area (Å²) in [6.45, 7) is 3.94. The zero-order chi connectivity index (χ0) is 44.9. The molecule has 1 atom stereocenters. The van der Waals surface area contributed by atoms with Crippen LogP contribution in [-0.2, 0) is 19.1 Å². The summed E-state index contributed by atoms with van der Waals surface area (Å²) in [4.78, 5) is 24.3. The van der Waals surface area contributed by atoms with Gasteiger partial charge in [-0.25, -0.2) is 0 Å². The molecule has 0 aromatic rings. The molecular formula is C57H98O5. The van der Waals surface area contributed by atoms with Gasteiger partial charge in [0.1, 0.15) is 6.61 Å². The van der Waals surface area contributed by atoms with Crippen LogP contribution in [0.2, 0.25) is 0 Å². The largest absolute Gasteiger partial charge is 0.462 e. The summed E-state index contributed by atoms with van der Waals surface area (Å²) in [7, 11) is 0. The van der Waals surface area contributed by atoms with Crippen molar-refractivity contribution in [2.45, 2.75) is 251 Å². The maximum Gasteiger partial charge on any atom is 0.310 e. The van der Waals surface area contributed by atoms with Crippen LogP contribution < -0.4 is 0 Å². The molecule has 5 nitrogen and oxygen atoms in total. The second-order valence-electron chi connectivity index (χ2n) is 17.2. The standard InChI is InChI=1S/C57H98O5/c1-3-5-7-9-11-13-15-17-19-20-21-22-23-24-25-26-27-28-29-30-31-32-33-34-35-36-38-39-41-43-45-47-49-51-56(59)61-54-55(53-58)62-57(60)52-50-48-46-44-42-40-37-18-16-14-12-10-8-6-4-2/h6,8,12,14-15,17-18,20-21,37,42,44,48,50,55,58H,3-5,7,9-11,13,16,19,22-36,38-41,43,45-47,49,51-54H2,1-2H3/b8-6-,14-12-,17-15-,21-20-,37-18-,44-42-,50-48-. The highest BCUT2D eigenvalue weighted by Crippen LogP contribution is 2.16. The van der Waals surface area contributed by atoms with Crippen molar-refractivity contribution in [3.8, 4) is 0 Å². The highest BCUT2D eigenvalue weighted by Gasteiger charge is 2.15. The molecule has 62 heavy (non-hydrogen) atoms. The van der Waals surface area contributed by atoms with Gasteiger partial charge in [-0.15, -0.1) is 0 Å². The Bertz CT molecular complexity index is 1160. The lowest BCUT2D eigenvalue weighted by Gasteiger charge is -2.15. The summed E-state index contributed by atoms with van der Waals surface area (Å²) in [5.41, 5.74) is 0. The number of allylic oxidation sites excluding steroid dienone is 13. The molecule has 0 aromatic heterocycles. The number of esters is 2. The van der Waals surface area contributed by atoms with E-state index >= 15 is 0 Å². The van der Waals surface area contributed by atoms with Gasteiger partial charge in [0.25, 0.3) is 0 Å². The van der Waals surface area contributed by atoms with Gasteiger partial charge in [-0.05, 0) is 70.6 Å². The zero-order valence-corrected chi connectivity index (χ0v) is 40.6. The van der Waals surface area contributed by atoms with E-state index in [1.807, 2.05) is 6.08 Å². The molecule has 0 aliphatic heterocycles. The first-order valence-electron chi connectivity index (χ1n) is 26.1. The smallest absolute Gasteiger partial charge is 0.310 e. The summed E-state index contributed by atoms with van der Waals surface area (Å²) >= 11 is 0. The fourth-order valence-electron chi connectivity index (χ4n) is 7.31. The predicted molar refractivity (Wildman–Crippen MR) is 269 cm³/mol. The number of aliphatic hydroxyl groups is 1. The van der Waals surface area contributed by atoms with Gasteiger partial charge in [0.15, 0.2) is 6.10 Å². The third-order valence-corrected chi connectivity index (χ3v) is 11.2. The molecule has 1 unspecified atom stereocenters. The average Bonchev–Trinajstić information content (AvgIpc) is 3.28. The van der Waals surface area contributed by atoms with Crippen molar-refractivity contribution in [1.82, 2.24) is 0 Å². The zero-order valence-electron chi connectivity index (χ0n) is 40.6. The van der Waals surface area contributed by atoms with Crippen LogP contribution in [0.5, 0.6) is 0 Å². The number of hydrogen-bond acceptors (Lipinski definition) is 5. The van der Waals surface area contributed by atoms with E-state index < -0.39 is 12.1 Å². The van der Waals surface area contributed by atoms with Crippen molar-refractivity contribution in [3.63, 3.8) is 0 Å². The van der Waals surface area contributed by atoms with Gasteiger partial charge in [0, 0.05) is 6.42 Å². The van der Waals surface area contributed by atoms with E-state index in [4.69, 9.17) is 9.47 Å². The van der Waals surface area contributed by atoms with Gasteiger partial charge in [-0.1, -0.05) is 247 Å². The minimum atomic E-state index is -0.829. The van der Waals surface area contributed by atoms with Crippen LogP contribution in [0.25, 0.3) is 0 Å². The summed E-state index contributed by atoms with van der Waals surface area (Å²) < 4.78 is 10.6. The van der Waals surface area contributed by atoms with Gasteiger partial charge in [0.05, 0.1) is 13.0 Å². The van der Waals surface area contributed by atoms with Crippen LogP contribution in [-0.4, -0.2) is 36.4 Å². The number of carbonyl (C=O) groups is 2. The first-order valence-corrected chi connectivity index (χ1v) is 26.1. The topological polar surface area (TPSA) is 72.8 Å². The van der Waals surface area contributed by atoms with E-state index in [1.165, 1.54) is 161 Å². The quantitative estimate of drug-likeness (QED) is 0.0375. The lowest BCUT2D eigenvalue weighted by atomic mass is 10.0. The Hall–Kier alpha value is -2.92. The monoisotopic (exact) mass is 863 g/mol. The highest BCUT2D eigenvalue weighted by atomic mass is 16.6. The summed E-state index contributed by atoms with van der Waals surface area (Å²) in [5, 5.41) is 9.58. The summed E-state index contributed by atoms with van der Waals surface area (Å²) in [6, 6.07) is 0. The van der Waals surface area contributed by atoms with Gasteiger partial charge in [-0.2, -0.15) is 0 Å². The van der Waals surface area contributed by atoms with Crippen molar-refractivity contribution in [2.24, 2.45) is 0 Å². The Kier molecular flexibility index (Phi) is 50.0. The maximum absolute atomic E-state index is 12.2. The van der Waals surface area contributed by atoms with Gasteiger partial charge in [-0.3, -0.25) is 9.59 Å². The molecule has 1 N–H and O–H groups in total. The van der Waals surface area contributed by atoms with E-state index in [-0.39, 0.29) is 25.6 Å². The Labute approximate surface area is 384 Å². The van der Waals surface area contributed by atoms with E-state index in [2.05, 4.69) is 86.8 Å². The van der Waals surface area contributed by atoms with Crippen LogP contribution in [0.1, 0.15) is 245 Å². The van der Waals surface area contributed by atoms with E-state index in [0.717, 1.165) is 57.8 Å². The molecular weight excluding hydrogens is 765 g/mol. The molecule has 0 aliphatic rings. The van der Waals surface area contributed by atoms with Crippen molar-refractivity contribution < 1.29 is 24.2 Å². The lowest BCUT2D eigenvalue weighted by Crippen LogP contribution is -2.28. The summed E-state index contributed by atoms with van der Waals surface area (Å²) in [5.74, 6) is -0.735. The van der Waals surface area contributed by atoms with E-state index in [9.17, 15) is 14.7 Å². The van der Waals surface area contributed by atoms with Crippen LogP contribution in [0.15, 0.2) is 85.1 Å². The second-order valence-corrected chi connectivity index (χ2v) is 17.2. The molecule has 0 rings (SSSR count). The molecule has 0 aromatic carbocycles. The molecule has 0 amide bonds. The molecule has 356 valence electrons. The third kappa shape index (κ3) is 49.7. The number of ether oxygens (including phenoxy) is 2. The van der Waals surface area contributed by atoms with Crippen molar-refractivity contribution in [3.05, 3.63) is 85.1 Å². The first kappa shape index (κ1) is 59.1. The molecule has 0 spiro atoms. The molecule has 0 fully saturated rings. The highest BCUT2D eigenvalue weighted by molar-refractivity contribution is 5.71. The Balaban J connectivity index is 3.49. The first-order chi connectivity index (χ1) is 30.6. The number of carbonyl (C=O) groups excluding carboxylic acids is 2. The third-order valence-electron chi connectivity index (χ3n) is 11.2. The molecule has 0 aliphatic carbocycles. The Morgan fingerprint density at radius 2 is 0.742 bits per heavy atom. The fourth-order valence-corrected chi connectivity index (χ4v) is 7.31.